The maximum absolute atomic E-state index is 6.12. The first-order valence-corrected chi connectivity index (χ1v) is 7.75. The Hall–Kier alpha value is -0.910. The van der Waals surface area contributed by atoms with E-state index in [0.29, 0.717) is 19.2 Å². The van der Waals surface area contributed by atoms with Crippen LogP contribution >= 0.6 is 0 Å². The number of hydrogen-bond acceptors (Lipinski definition) is 4. The first-order valence-electron chi connectivity index (χ1n) is 7.75. The lowest BCUT2D eigenvalue weighted by Gasteiger charge is -2.35. The van der Waals surface area contributed by atoms with Gasteiger partial charge < -0.3 is 10.5 Å². The highest BCUT2D eigenvalue weighted by Gasteiger charge is 2.30. The van der Waals surface area contributed by atoms with Crippen LogP contribution in [-0.4, -0.2) is 47.5 Å². The van der Waals surface area contributed by atoms with E-state index in [1.54, 1.807) is 7.11 Å². The van der Waals surface area contributed by atoms with Gasteiger partial charge >= 0.3 is 0 Å². The second-order valence-electron chi connectivity index (χ2n) is 6.74. The number of nitrogens with zero attached hydrogens (tertiary/aromatic N) is 3. The largest absolute Gasteiger partial charge is 0.383 e. The van der Waals surface area contributed by atoms with E-state index in [2.05, 4.69) is 50.8 Å². The highest BCUT2D eigenvalue weighted by molar-refractivity contribution is 5.28. The van der Waals surface area contributed by atoms with Crippen LogP contribution in [0.3, 0.4) is 0 Å². The third-order valence-electron chi connectivity index (χ3n) is 3.89. The van der Waals surface area contributed by atoms with Crippen molar-refractivity contribution in [2.75, 3.05) is 26.8 Å². The van der Waals surface area contributed by atoms with E-state index in [0.717, 1.165) is 12.2 Å². The molecule has 1 heterocycles. The van der Waals surface area contributed by atoms with Crippen LogP contribution in [0, 0.1) is 0 Å². The van der Waals surface area contributed by atoms with Crippen molar-refractivity contribution in [2.45, 2.75) is 52.1 Å². The number of rotatable bonds is 7. The molecule has 21 heavy (non-hydrogen) atoms. The zero-order chi connectivity index (χ0) is 16.2. The number of aromatic nitrogens is 2. The summed E-state index contributed by atoms with van der Waals surface area (Å²) in [7, 11) is 3.72. The first kappa shape index (κ1) is 18.1. The summed E-state index contributed by atoms with van der Waals surface area (Å²) >= 11 is 0. The molecule has 1 rings (SSSR count). The minimum Gasteiger partial charge on any atom is -0.383 e. The molecule has 0 fully saturated rings. The Bertz CT molecular complexity index is 436. The second kappa shape index (κ2) is 7.38. The van der Waals surface area contributed by atoms with E-state index in [9.17, 15) is 0 Å². The van der Waals surface area contributed by atoms with Crippen LogP contribution in [0.5, 0.6) is 0 Å². The van der Waals surface area contributed by atoms with E-state index in [1.807, 2.05) is 11.7 Å². The molecule has 0 aromatic carbocycles. The van der Waals surface area contributed by atoms with Gasteiger partial charge in [-0.1, -0.05) is 27.7 Å². The summed E-state index contributed by atoms with van der Waals surface area (Å²) in [5, 5.41) is 4.68. The van der Waals surface area contributed by atoms with Crippen molar-refractivity contribution in [3.63, 3.8) is 0 Å². The fourth-order valence-corrected chi connectivity index (χ4v) is 2.95. The van der Waals surface area contributed by atoms with Crippen molar-refractivity contribution in [2.24, 2.45) is 12.8 Å². The summed E-state index contributed by atoms with van der Waals surface area (Å²) in [6.07, 6.45) is 2.11. The highest BCUT2D eigenvalue weighted by Crippen LogP contribution is 2.31. The molecule has 2 unspecified atom stereocenters. The molecule has 0 amide bonds. The molecule has 2 N–H and O–H groups in total. The van der Waals surface area contributed by atoms with Gasteiger partial charge in [-0.3, -0.25) is 9.58 Å². The first-order chi connectivity index (χ1) is 9.76. The van der Waals surface area contributed by atoms with Crippen LogP contribution in [0.1, 0.15) is 51.9 Å². The zero-order valence-corrected chi connectivity index (χ0v) is 14.7. The summed E-state index contributed by atoms with van der Waals surface area (Å²) in [4.78, 5) is 2.40. The predicted octanol–water partition coefficient (Wildman–Crippen LogP) is 2.07. The summed E-state index contributed by atoms with van der Waals surface area (Å²) in [6, 6.07) is 0.490. The molecule has 0 aliphatic carbocycles. The SMILES string of the molecule is CCN(C(C)COC)C(CN)c1cn(C)nc1C(C)(C)C. The molecule has 1 aromatic heterocycles. The molecule has 0 saturated carbocycles. The Kier molecular flexibility index (Phi) is 6.38. The monoisotopic (exact) mass is 296 g/mol. The fraction of sp³-hybridized carbons (Fsp3) is 0.812. The lowest BCUT2D eigenvalue weighted by molar-refractivity contribution is 0.0746. The van der Waals surface area contributed by atoms with Crippen LogP contribution in [-0.2, 0) is 17.2 Å². The maximum atomic E-state index is 6.12. The molecule has 0 saturated heterocycles. The minimum absolute atomic E-state index is 0.00786. The molecule has 0 radical (unpaired) electrons. The van der Waals surface area contributed by atoms with Crippen LogP contribution in [0.2, 0.25) is 0 Å². The topological polar surface area (TPSA) is 56.3 Å². The van der Waals surface area contributed by atoms with E-state index < -0.39 is 0 Å². The van der Waals surface area contributed by atoms with Gasteiger partial charge in [-0.25, -0.2) is 0 Å². The summed E-state index contributed by atoms with van der Waals surface area (Å²) in [6.45, 7) is 13.2. The molecular weight excluding hydrogens is 264 g/mol. The molecule has 1 aromatic rings. The van der Waals surface area contributed by atoms with Crippen molar-refractivity contribution in [1.82, 2.24) is 14.7 Å². The number of nitrogens with two attached hydrogens (primary N) is 1. The van der Waals surface area contributed by atoms with Gasteiger partial charge in [-0.15, -0.1) is 0 Å². The Morgan fingerprint density at radius 2 is 2.05 bits per heavy atom. The lowest BCUT2D eigenvalue weighted by atomic mass is 9.87. The maximum Gasteiger partial charge on any atom is 0.0726 e. The third-order valence-corrected chi connectivity index (χ3v) is 3.89. The number of methoxy groups -OCH3 is 1. The van der Waals surface area contributed by atoms with Crippen molar-refractivity contribution >= 4 is 0 Å². The smallest absolute Gasteiger partial charge is 0.0726 e. The Labute approximate surface area is 129 Å². The van der Waals surface area contributed by atoms with Gasteiger partial charge in [0.15, 0.2) is 0 Å². The van der Waals surface area contributed by atoms with E-state index in [1.165, 1.54) is 5.56 Å². The molecule has 0 aliphatic heterocycles. The van der Waals surface area contributed by atoms with Gasteiger partial charge in [0, 0.05) is 43.9 Å². The summed E-state index contributed by atoms with van der Waals surface area (Å²) in [5.41, 5.74) is 8.49. The average Bonchev–Trinajstić information content (AvgIpc) is 2.77. The molecule has 5 nitrogen and oxygen atoms in total. The van der Waals surface area contributed by atoms with Gasteiger partial charge in [0.2, 0.25) is 0 Å². The van der Waals surface area contributed by atoms with E-state index in [4.69, 9.17) is 10.5 Å². The molecule has 0 bridgehead atoms. The molecule has 2 atom stereocenters. The highest BCUT2D eigenvalue weighted by atomic mass is 16.5. The van der Waals surface area contributed by atoms with Crippen LogP contribution in [0.15, 0.2) is 6.20 Å². The van der Waals surface area contributed by atoms with Gasteiger partial charge in [0.25, 0.3) is 0 Å². The number of likely N-dealkylation sites (N-methyl/N-ethyl adjacent to an activating group) is 1. The standard InChI is InChI=1S/C16H32N4O/c1-8-20(12(2)11-21-7)14(9-17)13-10-19(6)18-15(13)16(3,4)5/h10,12,14H,8-9,11,17H2,1-7H3. The van der Waals surface area contributed by atoms with Crippen LogP contribution in [0.4, 0.5) is 0 Å². The summed E-state index contributed by atoms with van der Waals surface area (Å²) in [5.74, 6) is 0. The number of ether oxygens (including phenoxy) is 1. The van der Waals surface area contributed by atoms with Crippen molar-refractivity contribution in [3.8, 4) is 0 Å². The molecule has 0 aliphatic rings. The lowest BCUT2D eigenvalue weighted by Crippen LogP contribution is -2.42. The van der Waals surface area contributed by atoms with Gasteiger partial charge in [-0.2, -0.15) is 5.10 Å². The van der Waals surface area contributed by atoms with E-state index in [-0.39, 0.29) is 11.5 Å². The van der Waals surface area contributed by atoms with Gasteiger partial charge in [-0.05, 0) is 13.5 Å². The third kappa shape index (κ3) is 4.28. The van der Waals surface area contributed by atoms with Crippen molar-refractivity contribution < 1.29 is 4.74 Å². The number of aryl methyl sites for hydroxylation is 1. The Morgan fingerprint density at radius 1 is 1.43 bits per heavy atom. The predicted molar refractivity (Wildman–Crippen MR) is 87.4 cm³/mol. The van der Waals surface area contributed by atoms with Crippen LogP contribution < -0.4 is 5.73 Å². The quantitative estimate of drug-likeness (QED) is 0.837. The molecule has 5 heteroatoms. The van der Waals surface area contributed by atoms with Gasteiger partial charge in [0.05, 0.1) is 18.3 Å². The zero-order valence-electron chi connectivity index (χ0n) is 14.7. The minimum atomic E-state index is 0.00786. The second-order valence-corrected chi connectivity index (χ2v) is 6.74. The Morgan fingerprint density at radius 3 is 2.48 bits per heavy atom. The van der Waals surface area contributed by atoms with Crippen molar-refractivity contribution in [3.05, 3.63) is 17.5 Å². The fourth-order valence-electron chi connectivity index (χ4n) is 2.95. The molecule has 0 spiro atoms. The van der Waals surface area contributed by atoms with E-state index >= 15 is 0 Å². The van der Waals surface area contributed by atoms with Crippen molar-refractivity contribution in [1.29, 1.82) is 0 Å². The van der Waals surface area contributed by atoms with Gasteiger partial charge in [0.1, 0.15) is 0 Å². The molecular formula is C16H32N4O. The summed E-state index contributed by atoms with van der Waals surface area (Å²) < 4.78 is 7.21. The average molecular weight is 296 g/mol. The normalized spacial score (nSPS) is 15.5. The van der Waals surface area contributed by atoms with Crippen LogP contribution in [0.25, 0.3) is 0 Å². The Balaban J connectivity index is 3.20. The number of hydrogen-bond donors (Lipinski definition) is 1. The molecule has 122 valence electrons.